The smallest absolute Gasteiger partial charge is 0.272 e. The molecule has 3 heterocycles. The van der Waals surface area contributed by atoms with Gasteiger partial charge >= 0.3 is 0 Å². The molecule has 0 saturated heterocycles. The Balaban J connectivity index is 1.85. The molecule has 1 aromatic carbocycles. The van der Waals surface area contributed by atoms with Gasteiger partial charge in [0.15, 0.2) is 5.78 Å². The Labute approximate surface area is 196 Å². The Morgan fingerprint density at radius 2 is 1.91 bits per heavy atom. The van der Waals surface area contributed by atoms with E-state index in [0.717, 1.165) is 4.31 Å². The average Bonchev–Trinajstić information content (AvgIpc) is 3.17. The highest BCUT2D eigenvalue weighted by Crippen LogP contribution is 2.41. The van der Waals surface area contributed by atoms with Crippen molar-refractivity contribution < 1.29 is 26.7 Å². The van der Waals surface area contributed by atoms with Crippen LogP contribution < -0.4 is 10.1 Å². The molecule has 1 aliphatic rings. The minimum absolute atomic E-state index is 0.0244. The first-order valence-electron chi connectivity index (χ1n) is 10.6. The van der Waals surface area contributed by atoms with E-state index >= 15 is 0 Å². The van der Waals surface area contributed by atoms with Crippen LogP contribution >= 0.6 is 0 Å². The normalized spacial score (nSPS) is 14.5. The number of ether oxygens (including phenoxy) is 1. The number of halogens is 2. The maximum atomic E-state index is 13.2. The van der Waals surface area contributed by atoms with E-state index in [9.17, 15) is 22.0 Å². The monoisotopic (exact) mass is 490 g/mol. The molecule has 0 amide bonds. The summed E-state index contributed by atoms with van der Waals surface area (Å²) in [5.74, 6) is -0.271. The molecule has 180 valence electrons. The van der Waals surface area contributed by atoms with Crippen molar-refractivity contribution >= 4 is 27.2 Å². The molecule has 0 spiro atoms. The number of H-pyrrole nitrogens is 1. The van der Waals surface area contributed by atoms with Crippen LogP contribution in [-0.4, -0.2) is 53.3 Å². The summed E-state index contributed by atoms with van der Waals surface area (Å²) in [7, 11) is -3.67. The zero-order valence-electron chi connectivity index (χ0n) is 18.6. The fraction of sp³-hybridized carbons (Fsp3) is 0.304. The molecule has 11 heteroatoms. The predicted octanol–water partition coefficient (Wildman–Crippen LogP) is 4.20. The lowest BCUT2D eigenvalue weighted by Gasteiger charge is -2.27. The van der Waals surface area contributed by atoms with Gasteiger partial charge in [-0.2, -0.15) is 4.31 Å². The molecule has 3 aromatic rings. The fourth-order valence-corrected chi connectivity index (χ4v) is 4.98. The summed E-state index contributed by atoms with van der Waals surface area (Å²) < 4.78 is 57.5. The maximum absolute atomic E-state index is 13.2. The molecule has 34 heavy (non-hydrogen) atoms. The quantitative estimate of drug-likeness (QED) is 0.491. The highest BCUT2D eigenvalue weighted by molar-refractivity contribution is 7.89. The van der Waals surface area contributed by atoms with Gasteiger partial charge in [-0.3, -0.25) is 9.78 Å². The Morgan fingerprint density at radius 1 is 1.18 bits per heavy atom. The number of Topliss-reactive ketones (excluding diaryl/α,β-unsaturated/α-hetero) is 1. The molecule has 0 atom stereocenters. The number of nitrogens with one attached hydrogen (secondary N) is 2. The van der Waals surface area contributed by atoms with E-state index in [1.54, 1.807) is 19.9 Å². The van der Waals surface area contributed by atoms with Crippen LogP contribution in [0.5, 0.6) is 5.75 Å². The predicted molar refractivity (Wildman–Crippen MR) is 124 cm³/mol. The lowest BCUT2D eigenvalue weighted by molar-refractivity contribution is 0.0820. The fourth-order valence-electron chi connectivity index (χ4n) is 3.77. The van der Waals surface area contributed by atoms with Crippen molar-refractivity contribution in [3.63, 3.8) is 0 Å². The van der Waals surface area contributed by atoms with Gasteiger partial charge in [-0.1, -0.05) is 18.2 Å². The first-order valence-corrected chi connectivity index (χ1v) is 12.1. The van der Waals surface area contributed by atoms with Crippen molar-refractivity contribution in [1.82, 2.24) is 14.3 Å². The van der Waals surface area contributed by atoms with Crippen LogP contribution in [0.3, 0.4) is 0 Å². The third-order valence-corrected chi connectivity index (χ3v) is 7.60. The summed E-state index contributed by atoms with van der Waals surface area (Å²) in [4.78, 5) is 20.3. The summed E-state index contributed by atoms with van der Waals surface area (Å²) in [5.41, 5.74) is 2.67. The number of aromatic nitrogens is 2. The Morgan fingerprint density at radius 3 is 2.59 bits per heavy atom. The number of aromatic amines is 1. The van der Waals surface area contributed by atoms with Gasteiger partial charge in [-0.25, -0.2) is 17.2 Å². The number of pyridine rings is 1. The minimum Gasteiger partial charge on any atom is -0.485 e. The summed E-state index contributed by atoms with van der Waals surface area (Å²) in [6.07, 6.45) is 0.123. The average molecular weight is 491 g/mol. The van der Waals surface area contributed by atoms with Crippen LogP contribution in [0.2, 0.25) is 0 Å². The number of ketones is 1. The first-order chi connectivity index (χ1) is 16.2. The van der Waals surface area contributed by atoms with Crippen molar-refractivity contribution in [2.24, 2.45) is 0 Å². The molecular formula is C23H24F2N4O4S. The number of carbonyl (C=O) groups excluding carboxylic acids is 1. The number of rotatable bonds is 8. The molecule has 8 nitrogen and oxygen atoms in total. The van der Waals surface area contributed by atoms with Crippen molar-refractivity contribution in [1.29, 1.82) is 0 Å². The second-order valence-electron chi connectivity index (χ2n) is 8.08. The largest absolute Gasteiger partial charge is 0.485 e. The third-order valence-electron chi connectivity index (χ3n) is 5.43. The van der Waals surface area contributed by atoms with E-state index < -0.39 is 28.3 Å². The lowest BCUT2D eigenvalue weighted by Crippen LogP contribution is -2.42. The summed E-state index contributed by atoms with van der Waals surface area (Å²) in [6.45, 7) is 1.98. The molecule has 2 N–H and O–H groups in total. The molecule has 0 radical (unpaired) electrons. The number of alkyl halides is 2. The van der Waals surface area contributed by atoms with Crippen LogP contribution in [0.4, 0.5) is 20.2 Å². The number of para-hydroxylation sites is 1. The van der Waals surface area contributed by atoms with Crippen molar-refractivity contribution in [2.75, 3.05) is 18.5 Å². The Bertz CT molecular complexity index is 1290. The highest BCUT2D eigenvalue weighted by atomic mass is 32.2. The first kappa shape index (κ1) is 23.8. The van der Waals surface area contributed by atoms with Crippen LogP contribution in [0.25, 0.3) is 11.3 Å². The third kappa shape index (κ3) is 4.66. The van der Waals surface area contributed by atoms with Crippen LogP contribution in [0.1, 0.15) is 29.9 Å². The number of anilines is 2. The van der Waals surface area contributed by atoms with Gasteiger partial charge in [0.2, 0.25) is 10.0 Å². The van der Waals surface area contributed by atoms with Crippen LogP contribution in [0.15, 0.2) is 48.8 Å². The van der Waals surface area contributed by atoms with E-state index in [1.165, 1.54) is 12.4 Å². The lowest BCUT2D eigenvalue weighted by atomic mass is 10.0. The second-order valence-corrected chi connectivity index (χ2v) is 10.6. The molecule has 4 rings (SSSR count). The van der Waals surface area contributed by atoms with Crippen molar-refractivity contribution in [2.45, 2.75) is 32.1 Å². The van der Waals surface area contributed by atoms with E-state index in [4.69, 9.17) is 4.74 Å². The molecule has 0 saturated carbocycles. The highest BCUT2D eigenvalue weighted by Gasteiger charge is 2.37. The molecule has 0 aliphatic carbocycles. The number of hydrogen-bond donors (Lipinski definition) is 2. The van der Waals surface area contributed by atoms with Gasteiger partial charge in [0.1, 0.15) is 12.4 Å². The number of nitrogens with zero attached hydrogens (tertiary/aromatic N) is 2. The number of carbonyl (C=O) groups is 1. The van der Waals surface area contributed by atoms with E-state index in [0.29, 0.717) is 33.9 Å². The van der Waals surface area contributed by atoms with Gasteiger partial charge in [0, 0.05) is 23.1 Å². The number of benzene rings is 1. The number of hydrogen-bond acceptors (Lipinski definition) is 6. The molecule has 0 bridgehead atoms. The van der Waals surface area contributed by atoms with E-state index in [2.05, 4.69) is 15.3 Å². The molecule has 0 fully saturated rings. The van der Waals surface area contributed by atoms with Crippen LogP contribution in [-0.2, 0) is 16.6 Å². The Hall–Kier alpha value is -3.31. The molecule has 0 unspecified atom stereocenters. The van der Waals surface area contributed by atoms with E-state index in [1.807, 2.05) is 30.3 Å². The molecular weight excluding hydrogens is 466 g/mol. The second kappa shape index (κ2) is 9.51. The zero-order chi connectivity index (χ0) is 24.5. The number of sulfonamides is 1. The van der Waals surface area contributed by atoms with Crippen molar-refractivity contribution in [3.05, 3.63) is 60.0 Å². The van der Waals surface area contributed by atoms with Gasteiger partial charge in [0.25, 0.3) is 6.43 Å². The topological polar surface area (TPSA) is 104 Å². The van der Waals surface area contributed by atoms with Gasteiger partial charge in [0.05, 0.1) is 41.5 Å². The molecule has 1 aliphatic heterocycles. The summed E-state index contributed by atoms with van der Waals surface area (Å²) in [6, 6.07) is 10.7. The van der Waals surface area contributed by atoms with Crippen molar-refractivity contribution in [3.8, 4) is 17.0 Å². The zero-order valence-corrected chi connectivity index (χ0v) is 19.4. The van der Waals surface area contributed by atoms with E-state index in [-0.39, 0.29) is 24.6 Å². The number of fused-ring (bicyclic) bond motifs is 1. The van der Waals surface area contributed by atoms with Crippen LogP contribution in [0, 0.1) is 0 Å². The van der Waals surface area contributed by atoms with Gasteiger partial charge in [-0.15, -0.1) is 0 Å². The summed E-state index contributed by atoms with van der Waals surface area (Å²) in [5, 5.41) is 2.55. The van der Waals surface area contributed by atoms with Gasteiger partial charge in [-0.05, 0) is 32.0 Å². The maximum Gasteiger partial charge on any atom is 0.272 e. The SMILES string of the molecule is CC(C)S(=O)(=O)N1CC(=O)c2c([nH]c(-c3ccncc3OCC(F)F)c2Nc2ccccc2)C1. The molecule has 2 aromatic heterocycles. The summed E-state index contributed by atoms with van der Waals surface area (Å²) >= 11 is 0. The van der Waals surface area contributed by atoms with Gasteiger partial charge < -0.3 is 15.0 Å². The Kier molecular flexibility index (Phi) is 6.67. The minimum atomic E-state index is -3.67. The standard InChI is InChI=1S/C23H24F2N4O4S/c1-14(2)34(31,32)29-11-17-21(18(30)12-29)23(27-15-6-4-3-5-7-15)22(28-17)16-8-9-26-10-19(16)33-13-20(24)25/h3-10,14,20,27-28H,11-13H2,1-2H3.